The molecule has 0 saturated carbocycles. The van der Waals surface area contributed by atoms with Gasteiger partial charge in [0.1, 0.15) is 13.2 Å². The maximum atomic E-state index is 12.8. The third kappa shape index (κ3) is 64.4. The first kappa shape index (κ1) is 74.7. The molecule has 0 saturated heterocycles. The number of hydrogen-bond acceptors (Lipinski definition) is 6. The Kier molecular flexibility index (Phi) is 61.1. The SMILES string of the molecule is CC/C=C\C/C=C\C/C=C\C/C=C\C/C=C\C/C=C\C/C=C\C/C=C\C/C=C\CCCCCCCC(=O)OCC(COC(=O)CCCC/C=C\C/C=C\C/C=C\C/C=C\CC)OC(=O)C/C=C\C/C=C\C/C=C\C/C=C\C/C=C\CC. The van der Waals surface area contributed by atoms with Gasteiger partial charge in [0, 0.05) is 12.8 Å². The van der Waals surface area contributed by atoms with E-state index >= 15 is 0 Å². The first-order chi connectivity index (χ1) is 40.0. The molecule has 446 valence electrons. The van der Waals surface area contributed by atoms with Crippen LogP contribution in [0.5, 0.6) is 0 Å². The van der Waals surface area contributed by atoms with Gasteiger partial charge < -0.3 is 14.2 Å². The predicted octanol–water partition coefficient (Wildman–Crippen LogP) is 21.8. The van der Waals surface area contributed by atoms with Crippen molar-refractivity contribution in [2.24, 2.45) is 0 Å². The van der Waals surface area contributed by atoms with Gasteiger partial charge in [-0.05, 0) is 154 Å². The van der Waals surface area contributed by atoms with Gasteiger partial charge in [-0.25, -0.2) is 0 Å². The molecule has 6 nitrogen and oxygen atoms in total. The topological polar surface area (TPSA) is 78.9 Å². The molecule has 0 aliphatic heterocycles. The van der Waals surface area contributed by atoms with Gasteiger partial charge in [0.25, 0.3) is 0 Å². The average Bonchev–Trinajstić information content (AvgIpc) is 3.47. The Morgan fingerprint density at radius 1 is 0.259 bits per heavy atom. The predicted molar refractivity (Wildman–Crippen MR) is 352 cm³/mol. The van der Waals surface area contributed by atoms with Crippen molar-refractivity contribution in [2.45, 2.75) is 219 Å². The summed E-state index contributed by atoms with van der Waals surface area (Å²) in [5.74, 6) is -1.16. The quantitative estimate of drug-likeness (QED) is 0.0261. The number of unbranched alkanes of at least 4 members (excludes halogenated alkanes) is 7. The van der Waals surface area contributed by atoms with E-state index < -0.39 is 12.1 Å². The summed E-state index contributed by atoms with van der Waals surface area (Å²) < 4.78 is 16.7. The number of rotatable bonds is 53. The Balaban J connectivity index is 4.48. The molecule has 1 unspecified atom stereocenters. The maximum absolute atomic E-state index is 12.8. The van der Waals surface area contributed by atoms with Crippen LogP contribution in [0.2, 0.25) is 0 Å². The Morgan fingerprint density at radius 3 is 0.778 bits per heavy atom. The molecule has 0 N–H and O–H groups in total. The minimum Gasteiger partial charge on any atom is -0.462 e. The van der Waals surface area contributed by atoms with Crippen LogP contribution >= 0.6 is 0 Å². The highest BCUT2D eigenvalue weighted by Crippen LogP contribution is 2.11. The first-order valence-electron chi connectivity index (χ1n) is 31.2. The van der Waals surface area contributed by atoms with Crippen molar-refractivity contribution in [3.63, 3.8) is 0 Å². The van der Waals surface area contributed by atoms with Crippen LogP contribution in [0.3, 0.4) is 0 Å². The van der Waals surface area contributed by atoms with Gasteiger partial charge in [-0.3, -0.25) is 14.4 Å². The Hall–Kier alpha value is -6.27. The summed E-state index contributed by atoms with van der Waals surface area (Å²) >= 11 is 0. The van der Waals surface area contributed by atoms with Crippen LogP contribution in [0.4, 0.5) is 0 Å². The summed E-state index contributed by atoms with van der Waals surface area (Å²) in [6, 6.07) is 0. The molecule has 0 aliphatic rings. The summed E-state index contributed by atoms with van der Waals surface area (Å²) in [4.78, 5) is 38.2. The molecule has 0 aromatic rings. The normalized spacial score (nSPS) is 13.7. The third-order valence-electron chi connectivity index (χ3n) is 12.0. The zero-order valence-electron chi connectivity index (χ0n) is 50.9. The average molecular weight is 1110 g/mol. The van der Waals surface area contributed by atoms with E-state index in [9.17, 15) is 14.4 Å². The number of allylic oxidation sites excluding steroid dienone is 35. The Morgan fingerprint density at radius 2 is 0.481 bits per heavy atom. The van der Waals surface area contributed by atoms with Gasteiger partial charge in [0.15, 0.2) is 6.10 Å². The lowest BCUT2D eigenvalue weighted by Crippen LogP contribution is -2.30. The lowest BCUT2D eigenvalue weighted by Gasteiger charge is -2.18. The molecule has 1 atom stereocenters. The molecule has 0 aromatic heterocycles. The van der Waals surface area contributed by atoms with Crippen molar-refractivity contribution in [2.75, 3.05) is 13.2 Å². The monoisotopic (exact) mass is 1110 g/mol. The fourth-order valence-electron chi connectivity index (χ4n) is 7.44. The Labute approximate surface area is 495 Å². The van der Waals surface area contributed by atoms with E-state index in [2.05, 4.69) is 227 Å². The third-order valence-corrected chi connectivity index (χ3v) is 12.0. The van der Waals surface area contributed by atoms with E-state index in [1.807, 2.05) is 6.08 Å². The second-order valence-corrected chi connectivity index (χ2v) is 19.5. The second kappa shape index (κ2) is 66.2. The van der Waals surface area contributed by atoms with Gasteiger partial charge in [-0.1, -0.05) is 259 Å². The number of ether oxygens (including phenoxy) is 3. The molecule has 0 bridgehead atoms. The molecule has 6 heteroatoms. The lowest BCUT2D eigenvalue weighted by molar-refractivity contribution is -0.166. The van der Waals surface area contributed by atoms with Gasteiger partial charge >= 0.3 is 17.9 Å². The summed E-state index contributed by atoms with van der Waals surface area (Å²) in [6.07, 6.45) is 104. The van der Waals surface area contributed by atoms with Crippen molar-refractivity contribution in [3.8, 4) is 0 Å². The fourth-order valence-corrected chi connectivity index (χ4v) is 7.44. The molecule has 0 radical (unpaired) electrons. The van der Waals surface area contributed by atoms with Gasteiger partial charge in [-0.15, -0.1) is 0 Å². The van der Waals surface area contributed by atoms with Gasteiger partial charge in [-0.2, -0.15) is 0 Å². The number of carbonyl (C=O) groups excluding carboxylic acids is 3. The van der Waals surface area contributed by atoms with Crippen LogP contribution in [0.15, 0.2) is 219 Å². The largest absolute Gasteiger partial charge is 0.462 e. The number of esters is 3. The molecular formula is C75H110O6. The van der Waals surface area contributed by atoms with E-state index in [0.717, 1.165) is 161 Å². The van der Waals surface area contributed by atoms with Crippen LogP contribution in [-0.4, -0.2) is 37.2 Å². The minimum atomic E-state index is -0.873. The van der Waals surface area contributed by atoms with Crippen molar-refractivity contribution in [1.82, 2.24) is 0 Å². The molecule has 0 heterocycles. The molecule has 0 aromatic carbocycles. The van der Waals surface area contributed by atoms with E-state index in [-0.39, 0.29) is 38.0 Å². The summed E-state index contributed by atoms with van der Waals surface area (Å²) in [5, 5.41) is 0. The molecule has 81 heavy (non-hydrogen) atoms. The zero-order chi connectivity index (χ0) is 58.5. The number of carbonyl (C=O) groups is 3. The minimum absolute atomic E-state index is 0.0706. The standard InChI is InChI=1S/C75H110O6/c1-4-7-10-13-16-19-22-25-28-29-30-31-32-33-34-35-36-37-38-39-40-41-42-43-44-45-48-50-53-56-59-62-65-68-74(77)80-71-72(81-75(78)69-66-63-60-57-54-51-47-27-24-21-18-15-12-9-6-3)70-79-73(76)67-64-61-58-55-52-49-46-26-23-20-17-14-11-8-5-2/h7-12,16-21,25-28,30-31,33-34,36-37,39-40,42-43,45-48,52,54-55,57,63,66,72H,4-6,13-15,22-24,29,32,35,38,41,44,49-51,53,56,58-62,64-65,67-71H2,1-3H3/b10-7-,11-8-,12-9-,19-16-,20-17-,21-18-,28-25-,31-30-,34-33-,37-36-,40-39-,43-42-,46-26-,47-27-,48-45-,55-52-,57-54-,66-63-. The summed E-state index contributed by atoms with van der Waals surface area (Å²) in [5.41, 5.74) is 0. The van der Waals surface area contributed by atoms with E-state index in [1.165, 1.54) is 0 Å². The second-order valence-electron chi connectivity index (χ2n) is 19.5. The molecule has 0 fully saturated rings. The highest BCUT2D eigenvalue weighted by Gasteiger charge is 2.19. The maximum Gasteiger partial charge on any atom is 0.310 e. The lowest BCUT2D eigenvalue weighted by atomic mass is 10.1. The van der Waals surface area contributed by atoms with Crippen LogP contribution in [0.1, 0.15) is 213 Å². The van der Waals surface area contributed by atoms with Crippen molar-refractivity contribution < 1.29 is 28.6 Å². The molecule has 0 amide bonds. The zero-order valence-corrected chi connectivity index (χ0v) is 50.9. The van der Waals surface area contributed by atoms with Crippen LogP contribution < -0.4 is 0 Å². The molecule has 0 rings (SSSR count). The van der Waals surface area contributed by atoms with E-state index in [4.69, 9.17) is 14.2 Å². The van der Waals surface area contributed by atoms with Crippen LogP contribution in [0, 0.1) is 0 Å². The van der Waals surface area contributed by atoms with Crippen molar-refractivity contribution >= 4 is 17.9 Å². The Bertz CT molecular complexity index is 2050. The summed E-state index contributed by atoms with van der Waals surface area (Å²) in [7, 11) is 0. The molecule has 0 spiro atoms. The van der Waals surface area contributed by atoms with Crippen molar-refractivity contribution in [3.05, 3.63) is 219 Å². The van der Waals surface area contributed by atoms with Crippen molar-refractivity contribution in [1.29, 1.82) is 0 Å². The van der Waals surface area contributed by atoms with Crippen LogP contribution in [-0.2, 0) is 28.6 Å². The van der Waals surface area contributed by atoms with Gasteiger partial charge in [0.2, 0.25) is 0 Å². The van der Waals surface area contributed by atoms with E-state index in [0.29, 0.717) is 19.3 Å². The number of hydrogen-bond donors (Lipinski definition) is 0. The smallest absolute Gasteiger partial charge is 0.310 e. The van der Waals surface area contributed by atoms with Gasteiger partial charge in [0.05, 0.1) is 6.42 Å². The van der Waals surface area contributed by atoms with Crippen LogP contribution in [0.25, 0.3) is 0 Å². The molecule has 0 aliphatic carbocycles. The summed E-state index contributed by atoms with van der Waals surface area (Å²) in [6.45, 7) is 6.13. The fraction of sp³-hybridized carbons (Fsp3) is 0.480. The first-order valence-corrected chi connectivity index (χ1v) is 31.2. The van der Waals surface area contributed by atoms with E-state index in [1.54, 1.807) is 6.08 Å². The highest BCUT2D eigenvalue weighted by atomic mass is 16.6. The molecular weight excluding hydrogens is 997 g/mol. The highest BCUT2D eigenvalue weighted by molar-refractivity contribution is 5.72.